The molecule has 1 atom stereocenters. The molecule has 0 aliphatic carbocycles. The highest BCUT2D eigenvalue weighted by Gasteiger charge is 2.23. The lowest BCUT2D eigenvalue weighted by Gasteiger charge is -2.14. The van der Waals surface area contributed by atoms with Crippen molar-refractivity contribution < 1.29 is 18.3 Å². The van der Waals surface area contributed by atoms with Gasteiger partial charge in [0.15, 0.2) is 11.0 Å². The number of hydrogen-bond acceptors (Lipinski definition) is 5. The third kappa shape index (κ3) is 5.04. The number of thioether (sulfide) groups is 1. The molecule has 1 amide bonds. The minimum atomic E-state index is -0.840. The summed E-state index contributed by atoms with van der Waals surface area (Å²) >= 11 is 1.18. The fraction of sp³-hybridized carbons (Fsp3) is 0.125. The second-order valence-electron chi connectivity index (χ2n) is 7.08. The maximum atomic E-state index is 13.9. The summed E-state index contributed by atoms with van der Waals surface area (Å²) in [5.74, 6) is -0.739. The van der Waals surface area contributed by atoms with E-state index in [4.69, 9.17) is 4.74 Å². The maximum Gasteiger partial charge on any atom is 0.237 e. The fourth-order valence-corrected chi connectivity index (χ4v) is 4.01. The number of nitrogens with one attached hydrogen (secondary N) is 1. The Morgan fingerprint density at radius 1 is 1.03 bits per heavy atom. The van der Waals surface area contributed by atoms with E-state index in [1.165, 1.54) is 17.8 Å². The first-order valence-corrected chi connectivity index (χ1v) is 10.9. The van der Waals surface area contributed by atoms with E-state index in [1.807, 2.05) is 59.2 Å². The van der Waals surface area contributed by atoms with Gasteiger partial charge < -0.3 is 10.1 Å². The first kappa shape index (κ1) is 22.5. The summed E-state index contributed by atoms with van der Waals surface area (Å²) in [7, 11) is 1.59. The van der Waals surface area contributed by atoms with Crippen molar-refractivity contribution >= 4 is 23.4 Å². The van der Waals surface area contributed by atoms with Gasteiger partial charge in [0, 0.05) is 17.3 Å². The molecule has 1 N–H and O–H groups in total. The minimum absolute atomic E-state index is 0.0876. The molecule has 0 saturated heterocycles. The van der Waals surface area contributed by atoms with Crippen LogP contribution in [0.5, 0.6) is 5.75 Å². The summed E-state index contributed by atoms with van der Waals surface area (Å²) in [5, 5.41) is 11.0. The molecule has 1 unspecified atom stereocenters. The van der Waals surface area contributed by atoms with Crippen LogP contribution < -0.4 is 10.1 Å². The van der Waals surface area contributed by atoms with Crippen molar-refractivity contribution in [1.29, 1.82) is 0 Å². The van der Waals surface area contributed by atoms with Crippen LogP contribution in [0.25, 0.3) is 17.1 Å². The van der Waals surface area contributed by atoms with Crippen molar-refractivity contribution in [3.05, 3.63) is 84.4 Å². The largest absolute Gasteiger partial charge is 0.497 e. The van der Waals surface area contributed by atoms with Gasteiger partial charge in [0.25, 0.3) is 0 Å². The topological polar surface area (TPSA) is 69.0 Å². The molecule has 3 aromatic carbocycles. The number of anilines is 1. The van der Waals surface area contributed by atoms with Crippen molar-refractivity contribution in [2.45, 2.75) is 17.3 Å². The van der Waals surface area contributed by atoms with Crippen molar-refractivity contribution in [3.8, 4) is 22.8 Å². The van der Waals surface area contributed by atoms with Crippen molar-refractivity contribution in [1.82, 2.24) is 14.8 Å². The van der Waals surface area contributed by atoms with E-state index in [0.717, 1.165) is 23.4 Å². The van der Waals surface area contributed by atoms with Crippen LogP contribution in [-0.4, -0.2) is 33.0 Å². The summed E-state index contributed by atoms with van der Waals surface area (Å²) in [6.45, 7) is 1.68. The SMILES string of the molecule is COc1cccc(-c2nnc(SC(C)C(=O)Nc3ccc(F)cc3F)n2-c2ccccc2)c1. The van der Waals surface area contributed by atoms with Crippen LogP contribution in [0.1, 0.15) is 6.92 Å². The molecule has 0 aliphatic rings. The van der Waals surface area contributed by atoms with Crippen molar-refractivity contribution in [2.24, 2.45) is 0 Å². The summed E-state index contributed by atoms with van der Waals surface area (Å²) in [4.78, 5) is 12.7. The highest BCUT2D eigenvalue weighted by Crippen LogP contribution is 2.32. The molecule has 0 aliphatic heterocycles. The first-order valence-electron chi connectivity index (χ1n) is 10.0. The maximum absolute atomic E-state index is 13.9. The third-order valence-corrected chi connectivity index (χ3v) is 5.86. The molecular formula is C24H20F2N4O2S. The van der Waals surface area contributed by atoms with Gasteiger partial charge in [-0.15, -0.1) is 10.2 Å². The van der Waals surface area contributed by atoms with Crippen LogP contribution in [0.4, 0.5) is 14.5 Å². The van der Waals surface area contributed by atoms with Crippen LogP contribution in [0.15, 0.2) is 78.0 Å². The Hall–Kier alpha value is -3.72. The molecule has 4 aromatic rings. The number of amides is 1. The molecule has 1 aromatic heterocycles. The lowest BCUT2D eigenvalue weighted by Crippen LogP contribution is -2.23. The minimum Gasteiger partial charge on any atom is -0.497 e. The van der Waals surface area contributed by atoms with Crippen molar-refractivity contribution in [2.75, 3.05) is 12.4 Å². The van der Waals surface area contributed by atoms with E-state index in [2.05, 4.69) is 15.5 Å². The predicted octanol–water partition coefficient (Wildman–Crippen LogP) is 5.34. The molecule has 1 heterocycles. The van der Waals surface area contributed by atoms with Gasteiger partial charge >= 0.3 is 0 Å². The van der Waals surface area contributed by atoms with E-state index in [-0.39, 0.29) is 5.69 Å². The number of para-hydroxylation sites is 1. The van der Waals surface area contributed by atoms with Gasteiger partial charge in [-0.3, -0.25) is 9.36 Å². The van der Waals surface area contributed by atoms with Gasteiger partial charge in [0.1, 0.15) is 17.4 Å². The van der Waals surface area contributed by atoms with Gasteiger partial charge in [-0.25, -0.2) is 8.78 Å². The summed E-state index contributed by atoms with van der Waals surface area (Å²) < 4.78 is 34.3. The monoisotopic (exact) mass is 466 g/mol. The normalized spacial score (nSPS) is 11.8. The van der Waals surface area contributed by atoms with E-state index in [9.17, 15) is 13.6 Å². The zero-order valence-electron chi connectivity index (χ0n) is 17.8. The number of hydrogen-bond donors (Lipinski definition) is 1. The lowest BCUT2D eigenvalue weighted by atomic mass is 10.2. The van der Waals surface area contributed by atoms with Gasteiger partial charge in [-0.2, -0.15) is 0 Å². The quantitative estimate of drug-likeness (QED) is 0.373. The highest BCUT2D eigenvalue weighted by atomic mass is 32.2. The van der Waals surface area contributed by atoms with Gasteiger partial charge in [0.05, 0.1) is 18.0 Å². The predicted molar refractivity (Wildman–Crippen MR) is 124 cm³/mol. The summed E-state index contributed by atoms with van der Waals surface area (Å²) in [5.41, 5.74) is 1.53. The van der Waals surface area contributed by atoms with E-state index < -0.39 is 22.8 Å². The Labute approximate surface area is 193 Å². The van der Waals surface area contributed by atoms with E-state index >= 15 is 0 Å². The molecular weight excluding hydrogens is 446 g/mol. The molecule has 33 heavy (non-hydrogen) atoms. The van der Waals surface area contributed by atoms with Gasteiger partial charge in [0.2, 0.25) is 5.91 Å². The Morgan fingerprint density at radius 2 is 1.82 bits per heavy atom. The van der Waals surface area contributed by atoms with Crippen LogP contribution in [0.3, 0.4) is 0 Å². The Bertz CT molecular complexity index is 1280. The molecule has 0 spiro atoms. The number of benzene rings is 3. The average molecular weight is 467 g/mol. The first-order chi connectivity index (χ1) is 16.0. The molecule has 168 valence electrons. The molecule has 6 nitrogen and oxygen atoms in total. The second-order valence-corrected chi connectivity index (χ2v) is 8.39. The van der Waals surface area contributed by atoms with Crippen LogP contribution in [-0.2, 0) is 4.79 Å². The number of rotatable bonds is 7. The molecule has 0 bridgehead atoms. The Morgan fingerprint density at radius 3 is 2.55 bits per heavy atom. The molecule has 9 heteroatoms. The molecule has 0 radical (unpaired) electrons. The van der Waals surface area contributed by atoms with Crippen LogP contribution in [0.2, 0.25) is 0 Å². The second kappa shape index (κ2) is 9.83. The standard InChI is InChI=1S/C24H20F2N4O2S/c1-15(23(31)27-21-12-11-17(25)14-20(21)26)33-24-29-28-22(16-7-6-10-19(13-16)32-2)30(24)18-8-4-3-5-9-18/h3-15H,1-2H3,(H,27,31). The lowest BCUT2D eigenvalue weighted by molar-refractivity contribution is -0.115. The zero-order valence-corrected chi connectivity index (χ0v) is 18.6. The van der Waals surface area contributed by atoms with E-state index in [0.29, 0.717) is 16.7 Å². The van der Waals surface area contributed by atoms with Crippen molar-refractivity contribution in [3.63, 3.8) is 0 Å². The number of halogens is 2. The molecule has 0 fully saturated rings. The third-order valence-electron chi connectivity index (χ3n) is 4.82. The highest BCUT2D eigenvalue weighted by molar-refractivity contribution is 8.00. The van der Waals surface area contributed by atoms with Gasteiger partial charge in [-0.1, -0.05) is 42.1 Å². The van der Waals surface area contributed by atoms with E-state index in [1.54, 1.807) is 14.0 Å². The summed E-state index contributed by atoms with van der Waals surface area (Å²) in [6, 6.07) is 20.0. The zero-order chi connectivity index (χ0) is 23.4. The van der Waals surface area contributed by atoms with Gasteiger partial charge in [-0.05, 0) is 43.3 Å². The fourth-order valence-electron chi connectivity index (χ4n) is 3.14. The Balaban J connectivity index is 1.64. The number of methoxy groups -OCH3 is 1. The number of ether oxygens (including phenoxy) is 1. The van der Waals surface area contributed by atoms with Crippen LogP contribution in [0, 0.1) is 11.6 Å². The molecule has 0 saturated carbocycles. The number of nitrogens with zero attached hydrogens (tertiary/aromatic N) is 3. The average Bonchev–Trinajstić information content (AvgIpc) is 3.24. The van der Waals surface area contributed by atoms with Crippen LogP contribution >= 0.6 is 11.8 Å². The summed E-state index contributed by atoms with van der Waals surface area (Å²) in [6.07, 6.45) is 0. The molecule has 4 rings (SSSR count). The Kier molecular flexibility index (Phi) is 6.69. The number of carbonyl (C=O) groups is 1. The smallest absolute Gasteiger partial charge is 0.237 e. The number of carbonyl (C=O) groups excluding carboxylic acids is 1. The number of aromatic nitrogens is 3.